The van der Waals surface area contributed by atoms with Crippen molar-refractivity contribution in [2.45, 2.75) is 20.8 Å². The van der Waals surface area contributed by atoms with Crippen molar-refractivity contribution in [1.29, 1.82) is 0 Å². The summed E-state index contributed by atoms with van der Waals surface area (Å²) in [6.07, 6.45) is 0. The van der Waals surface area contributed by atoms with Crippen LogP contribution in [0.2, 0.25) is 0 Å². The van der Waals surface area contributed by atoms with Gasteiger partial charge in [-0.05, 0) is 12.1 Å². The molecular weight excluding hydrogens is 202 g/mol. The highest BCUT2D eigenvalue weighted by molar-refractivity contribution is 5.97. The maximum Gasteiger partial charge on any atom is 0.252 e. The molecule has 16 heavy (non-hydrogen) atoms. The lowest BCUT2D eigenvalue weighted by Crippen LogP contribution is -2.27. The molecule has 1 aromatic carbocycles. The van der Waals surface area contributed by atoms with Crippen LogP contribution >= 0.6 is 0 Å². The molecule has 0 aliphatic heterocycles. The minimum absolute atomic E-state index is 0.0552. The van der Waals surface area contributed by atoms with Crippen LogP contribution in [0.4, 0.5) is 5.82 Å². The van der Waals surface area contributed by atoms with E-state index in [0.29, 0.717) is 5.82 Å². The molecule has 0 fully saturated rings. The third kappa shape index (κ3) is 1.56. The van der Waals surface area contributed by atoms with Gasteiger partial charge < -0.3 is 5.73 Å². The Bertz CT molecular complexity index is 549. The van der Waals surface area contributed by atoms with Crippen LogP contribution in [0, 0.1) is 5.41 Å². The summed E-state index contributed by atoms with van der Waals surface area (Å²) in [4.78, 5) is 12.1. The zero-order valence-electron chi connectivity index (χ0n) is 9.69. The van der Waals surface area contributed by atoms with E-state index in [0.717, 1.165) is 10.9 Å². The Hall–Kier alpha value is -1.84. The van der Waals surface area contributed by atoms with Gasteiger partial charge in [-0.15, -0.1) is 5.10 Å². The van der Waals surface area contributed by atoms with Gasteiger partial charge >= 0.3 is 0 Å². The van der Waals surface area contributed by atoms with Crippen LogP contribution in [-0.2, 0) is 0 Å². The first-order valence-electron chi connectivity index (χ1n) is 5.19. The van der Waals surface area contributed by atoms with Crippen molar-refractivity contribution in [3.05, 3.63) is 24.3 Å². The van der Waals surface area contributed by atoms with Crippen LogP contribution in [0.15, 0.2) is 24.3 Å². The lowest BCUT2D eigenvalue weighted by Gasteiger charge is -2.16. The van der Waals surface area contributed by atoms with Gasteiger partial charge in [0.25, 0.3) is 5.91 Å². The molecule has 2 aromatic rings. The van der Waals surface area contributed by atoms with E-state index in [1.807, 2.05) is 45.0 Å². The molecule has 1 aromatic heterocycles. The molecule has 84 valence electrons. The number of aromatic nitrogens is 2. The number of hydrogen-bond donors (Lipinski definition) is 1. The number of nitrogen functional groups attached to an aromatic ring is 1. The second-order valence-electron chi connectivity index (χ2n) is 4.87. The number of anilines is 1. The Morgan fingerprint density at radius 1 is 1.31 bits per heavy atom. The number of para-hydroxylation sites is 1. The Morgan fingerprint density at radius 2 is 1.94 bits per heavy atom. The van der Waals surface area contributed by atoms with Gasteiger partial charge in [0.15, 0.2) is 5.82 Å². The lowest BCUT2D eigenvalue weighted by atomic mass is 9.96. The summed E-state index contributed by atoms with van der Waals surface area (Å²) in [5.41, 5.74) is 6.07. The van der Waals surface area contributed by atoms with Gasteiger partial charge in [0.2, 0.25) is 0 Å². The van der Waals surface area contributed by atoms with Gasteiger partial charge in [0, 0.05) is 10.8 Å². The van der Waals surface area contributed by atoms with Gasteiger partial charge in [-0.25, -0.2) is 0 Å². The Labute approximate surface area is 94.0 Å². The molecule has 0 radical (unpaired) electrons. The molecular formula is C12H15N3O. The third-order valence-corrected chi connectivity index (χ3v) is 2.45. The average Bonchev–Trinajstić information content (AvgIpc) is 2.55. The minimum Gasteiger partial charge on any atom is -0.382 e. The predicted octanol–water partition coefficient (Wildman–Crippen LogP) is 2.30. The standard InChI is InChI=1S/C12H15N3O/c1-12(2,3)11(16)15-9-7-5-4-6-8(9)10(13)14-15/h4-7H,1-3H3,(H2,13,14). The number of nitrogens with two attached hydrogens (primary N) is 1. The quantitative estimate of drug-likeness (QED) is 0.736. The van der Waals surface area contributed by atoms with E-state index in [4.69, 9.17) is 5.73 Å². The van der Waals surface area contributed by atoms with Gasteiger partial charge in [-0.1, -0.05) is 32.9 Å². The van der Waals surface area contributed by atoms with Crippen LogP contribution in [0.1, 0.15) is 25.6 Å². The predicted molar refractivity (Wildman–Crippen MR) is 64.2 cm³/mol. The zero-order chi connectivity index (χ0) is 11.9. The van der Waals surface area contributed by atoms with Crippen molar-refractivity contribution >= 4 is 22.6 Å². The lowest BCUT2D eigenvalue weighted by molar-refractivity contribution is 0.0755. The summed E-state index contributed by atoms with van der Waals surface area (Å²) in [5, 5.41) is 4.92. The fourth-order valence-electron chi connectivity index (χ4n) is 1.56. The minimum atomic E-state index is -0.471. The number of rotatable bonds is 0. The van der Waals surface area contributed by atoms with Crippen molar-refractivity contribution in [2.24, 2.45) is 5.41 Å². The van der Waals surface area contributed by atoms with Crippen LogP contribution < -0.4 is 5.73 Å². The molecule has 0 unspecified atom stereocenters. The number of fused-ring (bicyclic) bond motifs is 1. The highest BCUT2D eigenvalue weighted by Crippen LogP contribution is 2.24. The first kappa shape index (κ1) is 10.7. The van der Waals surface area contributed by atoms with Crippen molar-refractivity contribution in [3.63, 3.8) is 0 Å². The Morgan fingerprint density at radius 3 is 2.56 bits per heavy atom. The molecule has 0 spiro atoms. The van der Waals surface area contributed by atoms with Crippen LogP contribution in [-0.4, -0.2) is 15.7 Å². The fourth-order valence-corrected chi connectivity index (χ4v) is 1.56. The Kier molecular flexibility index (Phi) is 2.22. The molecule has 4 heteroatoms. The number of carbonyl (C=O) groups excluding carboxylic acids is 1. The second-order valence-corrected chi connectivity index (χ2v) is 4.87. The van der Waals surface area contributed by atoms with Crippen molar-refractivity contribution < 1.29 is 4.79 Å². The molecule has 1 heterocycles. The van der Waals surface area contributed by atoms with E-state index in [1.54, 1.807) is 0 Å². The fraction of sp³-hybridized carbons (Fsp3) is 0.333. The average molecular weight is 217 g/mol. The van der Waals surface area contributed by atoms with E-state index in [1.165, 1.54) is 4.68 Å². The monoisotopic (exact) mass is 217 g/mol. The highest BCUT2D eigenvalue weighted by atomic mass is 16.2. The van der Waals surface area contributed by atoms with Crippen LogP contribution in [0.3, 0.4) is 0 Å². The summed E-state index contributed by atoms with van der Waals surface area (Å²) >= 11 is 0. The number of benzene rings is 1. The van der Waals surface area contributed by atoms with Crippen molar-refractivity contribution in [1.82, 2.24) is 9.78 Å². The summed E-state index contributed by atoms with van der Waals surface area (Å²) in [7, 11) is 0. The molecule has 0 aliphatic rings. The maximum absolute atomic E-state index is 12.1. The van der Waals surface area contributed by atoms with Crippen LogP contribution in [0.5, 0.6) is 0 Å². The molecule has 0 bridgehead atoms. The number of hydrogen-bond acceptors (Lipinski definition) is 3. The molecule has 0 amide bonds. The molecule has 0 saturated carbocycles. The molecule has 0 aliphatic carbocycles. The SMILES string of the molecule is CC(C)(C)C(=O)n1nc(N)c2ccccc21. The zero-order valence-corrected chi connectivity index (χ0v) is 9.69. The van der Waals surface area contributed by atoms with Crippen LogP contribution in [0.25, 0.3) is 10.9 Å². The van der Waals surface area contributed by atoms with Gasteiger partial charge in [0.05, 0.1) is 5.52 Å². The maximum atomic E-state index is 12.1. The van der Waals surface area contributed by atoms with E-state index < -0.39 is 5.41 Å². The topological polar surface area (TPSA) is 60.9 Å². The normalized spacial score (nSPS) is 11.9. The third-order valence-electron chi connectivity index (χ3n) is 2.45. The number of carbonyl (C=O) groups is 1. The first-order chi connectivity index (χ1) is 7.41. The first-order valence-corrected chi connectivity index (χ1v) is 5.19. The van der Waals surface area contributed by atoms with Gasteiger partial charge in [0.1, 0.15) is 0 Å². The van der Waals surface area contributed by atoms with Gasteiger partial charge in [-0.3, -0.25) is 4.79 Å². The summed E-state index contributed by atoms with van der Waals surface area (Å²) in [6, 6.07) is 7.47. The van der Waals surface area contributed by atoms with E-state index in [2.05, 4.69) is 5.10 Å². The second kappa shape index (κ2) is 3.33. The molecule has 4 nitrogen and oxygen atoms in total. The van der Waals surface area contributed by atoms with E-state index in [9.17, 15) is 4.79 Å². The number of nitrogens with zero attached hydrogens (tertiary/aromatic N) is 2. The largest absolute Gasteiger partial charge is 0.382 e. The van der Waals surface area contributed by atoms with Gasteiger partial charge in [-0.2, -0.15) is 4.68 Å². The summed E-state index contributed by atoms with van der Waals surface area (Å²) in [5.74, 6) is 0.341. The summed E-state index contributed by atoms with van der Waals surface area (Å²) in [6.45, 7) is 5.59. The Balaban J connectivity index is 2.67. The van der Waals surface area contributed by atoms with Crippen molar-refractivity contribution in [2.75, 3.05) is 5.73 Å². The molecule has 0 atom stereocenters. The summed E-state index contributed by atoms with van der Waals surface area (Å²) < 4.78 is 1.39. The van der Waals surface area contributed by atoms with E-state index >= 15 is 0 Å². The molecule has 0 saturated heterocycles. The molecule has 2 rings (SSSR count). The smallest absolute Gasteiger partial charge is 0.252 e. The molecule has 2 N–H and O–H groups in total. The van der Waals surface area contributed by atoms with Crippen molar-refractivity contribution in [3.8, 4) is 0 Å². The highest BCUT2D eigenvalue weighted by Gasteiger charge is 2.25. The van der Waals surface area contributed by atoms with E-state index in [-0.39, 0.29) is 5.91 Å².